The summed E-state index contributed by atoms with van der Waals surface area (Å²) >= 11 is -0.0744. The molecule has 3 aliphatic heterocycles. The zero-order valence-corrected chi connectivity index (χ0v) is 30.4. The van der Waals surface area contributed by atoms with E-state index in [-0.39, 0.29) is 33.4 Å². The Bertz CT molecular complexity index is 2470. The van der Waals surface area contributed by atoms with Crippen LogP contribution in [0.25, 0.3) is 22.3 Å². The fraction of sp³-hybridized carbons (Fsp3) is 0.0889. The third-order valence-corrected chi connectivity index (χ3v) is 11.0. The molecule has 5 nitrogen and oxygen atoms in total. The molecule has 4 aliphatic rings. The summed E-state index contributed by atoms with van der Waals surface area (Å²) in [5.41, 5.74) is 14.3. The minimum absolute atomic E-state index is 0.0319. The number of allylic oxidation sites excluding steroid dienone is 8. The second kappa shape index (κ2) is 13.6. The summed E-state index contributed by atoms with van der Waals surface area (Å²) in [5, 5.41) is 6.08. The number of anilines is 1. The van der Waals surface area contributed by atoms with Crippen molar-refractivity contribution >= 4 is 33.7 Å². The van der Waals surface area contributed by atoms with Gasteiger partial charge in [0.25, 0.3) is 0 Å². The van der Waals surface area contributed by atoms with Crippen LogP contribution in [0, 0.1) is 5.92 Å². The summed E-state index contributed by atoms with van der Waals surface area (Å²) in [7, 11) is 0. The number of nitrogens with one attached hydrogen (secondary N) is 4. The van der Waals surface area contributed by atoms with Gasteiger partial charge < -0.3 is 0 Å². The zero-order valence-electron chi connectivity index (χ0n) is 28.2. The Labute approximate surface area is 308 Å². The number of hydrogen-bond donors (Lipinski definition) is 4. The number of aromatic nitrogens is 2. The van der Waals surface area contributed by atoms with Crippen molar-refractivity contribution in [3.05, 3.63) is 208 Å². The molecule has 0 spiro atoms. The van der Waals surface area contributed by atoms with Crippen LogP contribution in [0.1, 0.15) is 34.5 Å². The Kier molecular flexibility index (Phi) is 8.37. The molecule has 0 saturated carbocycles. The predicted octanol–water partition coefficient (Wildman–Crippen LogP) is 4.64. The third-order valence-electron chi connectivity index (χ3n) is 9.89. The molecule has 4 N–H and O–H groups in total. The van der Waals surface area contributed by atoms with Crippen molar-refractivity contribution in [2.24, 2.45) is 10.9 Å². The quantitative estimate of drug-likeness (QED) is 0.116. The molecular formula is C45H37IN5-. The van der Waals surface area contributed by atoms with Crippen LogP contribution in [-0.2, 0) is 0 Å². The van der Waals surface area contributed by atoms with E-state index in [2.05, 4.69) is 182 Å². The van der Waals surface area contributed by atoms with Crippen molar-refractivity contribution in [3.63, 3.8) is 0 Å². The van der Waals surface area contributed by atoms with Crippen LogP contribution in [-0.4, -0.2) is 26.7 Å². The number of fused-ring (bicyclic) bond motifs is 7. The monoisotopic (exact) mass is 774 g/mol. The number of aromatic amines is 2. The molecule has 0 radical (unpaired) electrons. The normalized spacial score (nSPS) is 24.2. The number of aliphatic imine (C=N–C) groups is 1. The van der Waals surface area contributed by atoms with E-state index in [1.807, 2.05) is 0 Å². The first kappa shape index (κ1) is 31.4. The molecule has 6 heteroatoms. The molecule has 5 aromatic rings. The molecule has 8 bridgehead atoms. The standard InChI is InChI=1S/C45H37IN5/c1-46-51-33-19-17-32(18-20-33)45-40-27-25-38(49-40)43(30-13-7-3-8-14-30)36-23-21-34(47-36)42(29-11-5-2-6-12-29)35-22-24-37(48-35)44(31-15-9-4-10-16-31)39-26-28-41(45)50-39/h2-11,13-29,36,47-49,51H,12H2,1H3/q-1/b42-34-,43-38-,44-39-,45-40-. The van der Waals surface area contributed by atoms with E-state index in [0.29, 0.717) is 0 Å². The van der Waals surface area contributed by atoms with Crippen molar-refractivity contribution in [1.29, 1.82) is 0 Å². The zero-order chi connectivity index (χ0) is 34.1. The number of nitrogens with zero attached hydrogens (tertiary/aromatic N) is 1. The Morgan fingerprint density at radius 3 is 2.16 bits per heavy atom. The van der Waals surface area contributed by atoms with Gasteiger partial charge in [-0.3, -0.25) is 0 Å². The number of H-pyrrole nitrogens is 2. The van der Waals surface area contributed by atoms with Crippen molar-refractivity contribution < 1.29 is 21.5 Å². The fourth-order valence-corrected chi connectivity index (χ4v) is 8.57. The van der Waals surface area contributed by atoms with Crippen molar-refractivity contribution in [2.45, 2.75) is 12.5 Å². The van der Waals surface area contributed by atoms with Crippen molar-refractivity contribution in [2.75, 3.05) is 8.46 Å². The summed E-state index contributed by atoms with van der Waals surface area (Å²) < 4.78 is 3.55. The SMILES string of the molecule is C[I-]Nc1ccc(/C2=c3\cc/c([nH]3)=C(\c3ccccc3)C3C=C/C(=C(\C4C=CC=CC4)c4ccc([nH]4)/C(c4ccccc4)=C4/C=CC2=N4)N3)cc1. The van der Waals surface area contributed by atoms with Gasteiger partial charge in [-0.2, -0.15) is 0 Å². The number of hydrogen-bond acceptors (Lipinski definition) is 3. The molecule has 9 rings (SSSR count). The van der Waals surface area contributed by atoms with Gasteiger partial charge in [0.2, 0.25) is 0 Å². The van der Waals surface area contributed by atoms with E-state index in [0.717, 1.165) is 73.6 Å². The summed E-state index contributed by atoms with van der Waals surface area (Å²) in [5.74, 6) is 0.227. The molecule has 51 heavy (non-hydrogen) atoms. The van der Waals surface area contributed by atoms with Crippen LogP contribution in [0.5, 0.6) is 0 Å². The van der Waals surface area contributed by atoms with E-state index in [1.54, 1.807) is 0 Å². The van der Waals surface area contributed by atoms with E-state index in [1.165, 1.54) is 16.7 Å². The van der Waals surface area contributed by atoms with Crippen LogP contribution in [0.4, 0.5) is 5.69 Å². The Hall–Kier alpha value is -5.60. The van der Waals surface area contributed by atoms with Gasteiger partial charge in [0.1, 0.15) is 0 Å². The molecule has 0 saturated heterocycles. The topological polar surface area (TPSA) is 68.0 Å². The van der Waals surface area contributed by atoms with Gasteiger partial charge in [-0.15, -0.1) is 0 Å². The fourth-order valence-electron chi connectivity index (χ4n) is 7.58. The Morgan fingerprint density at radius 1 is 0.647 bits per heavy atom. The molecule has 1 aliphatic carbocycles. The maximum absolute atomic E-state index is 5.42. The predicted molar refractivity (Wildman–Crippen MR) is 207 cm³/mol. The van der Waals surface area contributed by atoms with Gasteiger partial charge >= 0.3 is 208 Å². The molecule has 5 heterocycles. The van der Waals surface area contributed by atoms with E-state index >= 15 is 0 Å². The second-order valence-electron chi connectivity index (χ2n) is 13.0. The van der Waals surface area contributed by atoms with Crippen molar-refractivity contribution in [1.82, 2.24) is 15.3 Å². The van der Waals surface area contributed by atoms with Crippen molar-refractivity contribution in [3.8, 4) is 0 Å². The number of alkyl halides is 1. The Morgan fingerprint density at radius 2 is 1.39 bits per heavy atom. The molecule has 2 atom stereocenters. The first-order chi connectivity index (χ1) is 25.2. The Balaban J connectivity index is 1.35. The van der Waals surface area contributed by atoms with Gasteiger partial charge in [0.05, 0.1) is 0 Å². The first-order valence-electron chi connectivity index (χ1n) is 17.4. The summed E-state index contributed by atoms with van der Waals surface area (Å²) in [6, 6.07) is 39.0. The van der Waals surface area contributed by atoms with Gasteiger partial charge in [0, 0.05) is 22.9 Å². The number of halogens is 1. The molecule has 250 valence electrons. The summed E-state index contributed by atoms with van der Waals surface area (Å²) in [4.78, 5) is 15.4. The van der Waals surface area contributed by atoms with E-state index < -0.39 is 0 Å². The van der Waals surface area contributed by atoms with Crippen LogP contribution in [0.15, 0.2) is 174 Å². The van der Waals surface area contributed by atoms with Crippen LogP contribution < -0.4 is 41.0 Å². The van der Waals surface area contributed by atoms with Gasteiger partial charge in [-0.05, 0) is 18.6 Å². The molecule has 0 amide bonds. The second-order valence-corrected chi connectivity index (χ2v) is 14.6. The molecule has 2 unspecified atom stereocenters. The molecule has 3 aromatic carbocycles. The average Bonchev–Trinajstić information content (AvgIpc) is 4.02. The minimum atomic E-state index is -0.0744. The molecular weight excluding hydrogens is 737 g/mol. The third kappa shape index (κ3) is 5.99. The number of benzene rings is 3. The molecule has 2 aromatic heterocycles. The van der Waals surface area contributed by atoms with Gasteiger partial charge in [-0.25, -0.2) is 0 Å². The van der Waals surface area contributed by atoms with Gasteiger partial charge in [0.15, 0.2) is 0 Å². The van der Waals surface area contributed by atoms with Gasteiger partial charge in [-0.1, -0.05) is 60.7 Å². The van der Waals surface area contributed by atoms with Crippen LogP contribution >= 0.6 is 0 Å². The average molecular weight is 775 g/mol. The maximum atomic E-state index is 5.42. The van der Waals surface area contributed by atoms with E-state index in [9.17, 15) is 0 Å². The van der Waals surface area contributed by atoms with Crippen LogP contribution in [0.3, 0.4) is 0 Å². The summed E-state index contributed by atoms with van der Waals surface area (Å²) in [6.07, 6.45) is 18.8. The van der Waals surface area contributed by atoms with E-state index in [4.69, 9.17) is 4.99 Å². The summed E-state index contributed by atoms with van der Waals surface area (Å²) in [6.45, 7) is 0. The first-order valence-corrected chi connectivity index (χ1v) is 20.6. The number of rotatable bonds is 6. The van der Waals surface area contributed by atoms with Crippen LogP contribution in [0.2, 0.25) is 0 Å². The molecule has 0 fully saturated rings.